The summed E-state index contributed by atoms with van der Waals surface area (Å²) >= 11 is 0. The number of hydrogen-bond donors (Lipinski definition) is 2. The second-order valence-corrected chi connectivity index (χ2v) is 3.67. The number of rotatable bonds is 7. The van der Waals surface area contributed by atoms with Gasteiger partial charge < -0.3 is 20.3 Å². The summed E-state index contributed by atoms with van der Waals surface area (Å²) in [6.45, 7) is 7.10. The van der Waals surface area contributed by atoms with Crippen LogP contribution in [0.15, 0.2) is 0 Å². The molecule has 0 aromatic carbocycles. The second-order valence-electron chi connectivity index (χ2n) is 3.67. The molecule has 0 aliphatic carbocycles. The first kappa shape index (κ1) is 12.8. The Labute approximate surface area is 80.0 Å². The number of hydrogen-bond acceptors (Lipinski definition) is 4. The molecule has 0 rings (SSSR count). The van der Waals surface area contributed by atoms with Gasteiger partial charge in [-0.3, -0.25) is 0 Å². The van der Waals surface area contributed by atoms with E-state index in [-0.39, 0.29) is 19.3 Å². The highest BCUT2D eigenvalue weighted by Gasteiger charge is 2.17. The fourth-order valence-electron chi connectivity index (χ4n) is 0.694. The number of aliphatic hydroxyl groups is 1. The molecule has 0 aliphatic heterocycles. The lowest BCUT2D eigenvalue weighted by atomic mass is 10.1. The maximum absolute atomic E-state index is 9.44. The zero-order valence-electron chi connectivity index (χ0n) is 8.75. The zero-order valence-corrected chi connectivity index (χ0v) is 8.75. The van der Waals surface area contributed by atoms with Gasteiger partial charge in [0.15, 0.2) is 0 Å². The zero-order chi connectivity index (χ0) is 10.3. The van der Waals surface area contributed by atoms with E-state index in [0.717, 1.165) is 0 Å². The second kappa shape index (κ2) is 6.32. The van der Waals surface area contributed by atoms with E-state index in [1.165, 1.54) is 0 Å². The molecule has 1 atom stereocenters. The van der Waals surface area contributed by atoms with Crippen LogP contribution in [0, 0.1) is 0 Å². The van der Waals surface area contributed by atoms with Crippen LogP contribution in [0.2, 0.25) is 0 Å². The molecule has 0 aliphatic rings. The van der Waals surface area contributed by atoms with Crippen LogP contribution >= 0.6 is 0 Å². The minimum atomic E-state index is -0.919. The highest BCUT2D eigenvalue weighted by atomic mass is 16.5. The first-order valence-electron chi connectivity index (χ1n) is 4.60. The number of nitrogens with two attached hydrogens (primary N) is 1. The molecule has 0 aromatic rings. The molecule has 0 amide bonds. The summed E-state index contributed by atoms with van der Waals surface area (Å²) in [7, 11) is 0. The SMILES string of the molecule is CC(C)OCCOCC(C)(O)CN. The van der Waals surface area contributed by atoms with Gasteiger partial charge in [-0.05, 0) is 20.8 Å². The lowest BCUT2D eigenvalue weighted by Gasteiger charge is -2.20. The van der Waals surface area contributed by atoms with Gasteiger partial charge in [0.05, 0.1) is 31.5 Å². The third-order valence-electron chi connectivity index (χ3n) is 1.53. The summed E-state index contributed by atoms with van der Waals surface area (Å²) in [5.41, 5.74) is 4.39. The fraction of sp³-hybridized carbons (Fsp3) is 1.00. The maximum Gasteiger partial charge on any atom is 0.0973 e. The van der Waals surface area contributed by atoms with Gasteiger partial charge in [-0.1, -0.05) is 0 Å². The Morgan fingerprint density at radius 3 is 2.46 bits per heavy atom. The molecule has 13 heavy (non-hydrogen) atoms. The molecule has 4 nitrogen and oxygen atoms in total. The fourth-order valence-corrected chi connectivity index (χ4v) is 0.694. The first-order valence-corrected chi connectivity index (χ1v) is 4.60. The van der Waals surface area contributed by atoms with Crippen molar-refractivity contribution < 1.29 is 14.6 Å². The van der Waals surface area contributed by atoms with Gasteiger partial charge >= 0.3 is 0 Å². The molecule has 0 radical (unpaired) electrons. The molecular formula is C9H21NO3. The molecule has 0 heterocycles. The van der Waals surface area contributed by atoms with E-state index in [0.29, 0.717) is 13.2 Å². The highest BCUT2D eigenvalue weighted by Crippen LogP contribution is 2.00. The Hall–Kier alpha value is -0.160. The lowest BCUT2D eigenvalue weighted by molar-refractivity contribution is -0.0484. The van der Waals surface area contributed by atoms with Crippen LogP contribution in [0.1, 0.15) is 20.8 Å². The minimum Gasteiger partial charge on any atom is -0.386 e. The Kier molecular flexibility index (Phi) is 6.24. The van der Waals surface area contributed by atoms with Crippen molar-refractivity contribution in [2.45, 2.75) is 32.5 Å². The Bertz CT molecular complexity index is 126. The van der Waals surface area contributed by atoms with Crippen LogP contribution in [0.4, 0.5) is 0 Å². The summed E-state index contributed by atoms with van der Waals surface area (Å²) in [6.07, 6.45) is 0.221. The summed E-state index contributed by atoms with van der Waals surface area (Å²) in [5.74, 6) is 0. The van der Waals surface area contributed by atoms with Crippen molar-refractivity contribution in [3.8, 4) is 0 Å². The standard InChI is InChI=1S/C9H21NO3/c1-8(2)13-5-4-12-7-9(3,11)6-10/h8,11H,4-7,10H2,1-3H3. The van der Waals surface area contributed by atoms with E-state index in [2.05, 4.69) is 0 Å². The van der Waals surface area contributed by atoms with Crippen molar-refractivity contribution in [2.24, 2.45) is 5.73 Å². The van der Waals surface area contributed by atoms with Crippen LogP contribution < -0.4 is 5.73 Å². The normalized spacial score (nSPS) is 16.2. The van der Waals surface area contributed by atoms with Crippen molar-refractivity contribution in [1.82, 2.24) is 0 Å². The van der Waals surface area contributed by atoms with Crippen molar-refractivity contribution in [3.05, 3.63) is 0 Å². The molecule has 80 valence electrons. The van der Waals surface area contributed by atoms with Crippen LogP contribution in [0.3, 0.4) is 0 Å². The van der Waals surface area contributed by atoms with Crippen molar-refractivity contribution in [1.29, 1.82) is 0 Å². The predicted octanol–water partition coefficient (Wildman–Crippen LogP) is 0.138. The summed E-state index contributed by atoms with van der Waals surface area (Å²) in [5, 5.41) is 9.44. The van der Waals surface area contributed by atoms with E-state index < -0.39 is 5.60 Å². The first-order chi connectivity index (χ1) is 5.98. The smallest absolute Gasteiger partial charge is 0.0973 e. The van der Waals surface area contributed by atoms with Gasteiger partial charge in [0.1, 0.15) is 0 Å². The van der Waals surface area contributed by atoms with E-state index >= 15 is 0 Å². The van der Waals surface area contributed by atoms with E-state index in [4.69, 9.17) is 15.2 Å². The quantitative estimate of drug-likeness (QED) is 0.562. The van der Waals surface area contributed by atoms with E-state index in [1.807, 2.05) is 13.8 Å². The molecule has 4 heteroatoms. The van der Waals surface area contributed by atoms with E-state index in [9.17, 15) is 5.11 Å². The van der Waals surface area contributed by atoms with Crippen molar-refractivity contribution >= 4 is 0 Å². The van der Waals surface area contributed by atoms with E-state index in [1.54, 1.807) is 6.92 Å². The average Bonchev–Trinajstić information content (AvgIpc) is 2.03. The molecule has 0 fully saturated rings. The Morgan fingerprint density at radius 2 is 2.00 bits per heavy atom. The lowest BCUT2D eigenvalue weighted by Crippen LogP contribution is -2.39. The monoisotopic (exact) mass is 191 g/mol. The Balaban J connectivity index is 3.26. The number of ether oxygens (including phenoxy) is 2. The molecule has 0 saturated heterocycles. The predicted molar refractivity (Wildman–Crippen MR) is 51.6 cm³/mol. The van der Waals surface area contributed by atoms with Gasteiger partial charge in [0.2, 0.25) is 0 Å². The average molecular weight is 191 g/mol. The van der Waals surface area contributed by atoms with Crippen molar-refractivity contribution in [2.75, 3.05) is 26.4 Å². The van der Waals surface area contributed by atoms with Gasteiger partial charge in [0.25, 0.3) is 0 Å². The molecule has 1 unspecified atom stereocenters. The molecule has 0 bridgehead atoms. The van der Waals surface area contributed by atoms with Crippen LogP contribution in [-0.4, -0.2) is 43.2 Å². The van der Waals surface area contributed by atoms with Gasteiger partial charge in [-0.25, -0.2) is 0 Å². The van der Waals surface area contributed by atoms with Gasteiger partial charge in [-0.15, -0.1) is 0 Å². The van der Waals surface area contributed by atoms with Gasteiger partial charge in [0, 0.05) is 6.54 Å². The molecule has 0 spiro atoms. The molecule has 0 aromatic heterocycles. The largest absolute Gasteiger partial charge is 0.386 e. The van der Waals surface area contributed by atoms with Crippen LogP contribution in [0.25, 0.3) is 0 Å². The third kappa shape index (κ3) is 8.18. The molecule has 3 N–H and O–H groups in total. The minimum absolute atomic E-state index is 0.206. The topological polar surface area (TPSA) is 64.7 Å². The van der Waals surface area contributed by atoms with Crippen LogP contribution in [-0.2, 0) is 9.47 Å². The molecular weight excluding hydrogens is 170 g/mol. The highest BCUT2D eigenvalue weighted by molar-refractivity contribution is 4.71. The van der Waals surface area contributed by atoms with Crippen LogP contribution in [0.5, 0.6) is 0 Å². The maximum atomic E-state index is 9.44. The van der Waals surface area contributed by atoms with Crippen molar-refractivity contribution in [3.63, 3.8) is 0 Å². The summed E-state index contributed by atoms with van der Waals surface area (Å²) in [6, 6.07) is 0. The third-order valence-corrected chi connectivity index (χ3v) is 1.53. The summed E-state index contributed by atoms with van der Waals surface area (Å²) < 4.78 is 10.4. The Morgan fingerprint density at radius 1 is 1.38 bits per heavy atom. The van der Waals surface area contributed by atoms with Gasteiger partial charge in [-0.2, -0.15) is 0 Å². The summed E-state index contributed by atoms with van der Waals surface area (Å²) in [4.78, 5) is 0. The molecule has 0 saturated carbocycles.